The molecule has 1 N–H and O–H groups in total. The number of ketones is 1. The highest BCUT2D eigenvalue weighted by atomic mass is 16.3. The number of aromatic hydroxyl groups is 1. The van der Waals surface area contributed by atoms with Gasteiger partial charge in [-0.05, 0) is 25.3 Å². The molecule has 0 aromatic heterocycles. The Morgan fingerprint density at radius 1 is 1.36 bits per heavy atom. The first-order chi connectivity index (χ1) is 6.45. The molecule has 0 aliphatic heterocycles. The van der Waals surface area contributed by atoms with Gasteiger partial charge in [-0.25, -0.2) is 0 Å². The highest BCUT2D eigenvalue weighted by Crippen LogP contribution is 2.30. The molecule has 0 heterocycles. The van der Waals surface area contributed by atoms with Crippen LogP contribution in [0.1, 0.15) is 48.2 Å². The third-order valence-electron chi connectivity index (χ3n) is 2.46. The van der Waals surface area contributed by atoms with Gasteiger partial charge in [-0.1, -0.05) is 26.0 Å². The van der Waals surface area contributed by atoms with Gasteiger partial charge in [0, 0.05) is 11.1 Å². The highest BCUT2D eigenvalue weighted by molar-refractivity contribution is 5.96. The largest absolute Gasteiger partial charge is 0.507 e. The molecule has 2 nitrogen and oxygen atoms in total. The zero-order chi connectivity index (χ0) is 10.9. The molecular weight excluding hydrogens is 176 g/mol. The van der Waals surface area contributed by atoms with Crippen molar-refractivity contribution in [3.8, 4) is 5.75 Å². The molecule has 0 fully saturated rings. The number of carbonyl (C=O) groups is 1. The first-order valence-electron chi connectivity index (χ1n) is 4.78. The van der Waals surface area contributed by atoms with E-state index in [0.717, 1.165) is 5.56 Å². The van der Waals surface area contributed by atoms with Crippen LogP contribution in [-0.2, 0) is 0 Å². The van der Waals surface area contributed by atoms with Crippen LogP contribution >= 0.6 is 0 Å². The number of hydrogen-bond acceptors (Lipinski definition) is 2. The molecule has 1 aromatic rings. The van der Waals surface area contributed by atoms with E-state index in [1.165, 1.54) is 6.92 Å². The van der Waals surface area contributed by atoms with Crippen LogP contribution in [-0.4, -0.2) is 10.9 Å². The molecule has 0 aliphatic rings. The second-order valence-corrected chi connectivity index (χ2v) is 3.89. The van der Waals surface area contributed by atoms with Crippen molar-refractivity contribution in [2.24, 2.45) is 0 Å². The summed E-state index contributed by atoms with van der Waals surface area (Å²) in [4.78, 5) is 11.2. The summed E-state index contributed by atoms with van der Waals surface area (Å²) in [5.74, 6) is 0.524. The second kappa shape index (κ2) is 3.82. The Morgan fingerprint density at radius 2 is 1.93 bits per heavy atom. The van der Waals surface area contributed by atoms with E-state index in [1.54, 1.807) is 13.0 Å². The predicted molar refractivity (Wildman–Crippen MR) is 56.9 cm³/mol. The molecule has 0 bridgehead atoms. The van der Waals surface area contributed by atoms with Crippen molar-refractivity contribution < 1.29 is 9.90 Å². The zero-order valence-corrected chi connectivity index (χ0v) is 9.09. The molecule has 0 saturated heterocycles. The third-order valence-corrected chi connectivity index (χ3v) is 2.46. The van der Waals surface area contributed by atoms with Crippen LogP contribution in [0.2, 0.25) is 0 Å². The number of carbonyl (C=O) groups excluding carboxylic acids is 1. The third kappa shape index (κ3) is 1.79. The van der Waals surface area contributed by atoms with Crippen LogP contribution in [0.25, 0.3) is 0 Å². The number of Topliss-reactive ketones (excluding diaryl/α,β-unsaturated/α-hetero) is 1. The van der Waals surface area contributed by atoms with Crippen LogP contribution in [0.5, 0.6) is 5.75 Å². The van der Waals surface area contributed by atoms with E-state index in [-0.39, 0.29) is 17.5 Å². The molecule has 0 amide bonds. The maximum Gasteiger partial charge on any atom is 0.160 e. The lowest BCUT2D eigenvalue weighted by atomic mass is 9.95. The lowest BCUT2D eigenvalue weighted by Gasteiger charge is -2.12. The molecule has 76 valence electrons. The monoisotopic (exact) mass is 192 g/mol. The average Bonchev–Trinajstić information content (AvgIpc) is 2.08. The standard InChI is InChI=1S/C12H16O2/c1-7(2)10-5-6-11(9(4)13)8(3)12(10)14/h5-7,14H,1-4H3. The van der Waals surface area contributed by atoms with Crippen LogP contribution in [0.3, 0.4) is 0 Å². The zero-order valence-electron chi connectivity index (χ0n) is 9.09. The van der Waals surface area contributed by atoms with Gasteiger partial charge >= 0.3 is 0 Å². The summed E-state index contributed by atoms with van der Waals surface area (Å²) in [5.41, 5.74) is 2.18. The molecule has 2 heteroatoms. The first kappa shape index (κ1) is 10.8. The molecule has 1 rings (SSSR count). The Labute approximate surface area is 84.6 Å². The van der Waals surface area contributed by atoms with Gasteiger partial charge in [-0.2, -0.15) is 0 Å². The Morgan fingerprint density at radius 3 is 2.36 bits per heavy atom. The van der Waals surface area contributed by atoms with Gasteiger partial charge in [0.15, 0.2) is 5.78 Å². The van der Waals surface area contributed by atoms with E-state index in [0.29, 0.717) is 11.1 Å². The van der Waals surface area contributed by atoms with Gasteiger partial charge in [0.1, 0.15) is 5.75 Å². The summed E-state index contributed by atoms with van der Waals surface area (Å²) in [6.45, 7) is 7.32. The van der Waals surface area contributed by atoms with Crippen molar-refractivity contribution in [3.63, 3.8) is 0 Å². The summed E-state index contributed by atoms with van der Waals surface area (Å²) >= 11 is 0. The SMILES string of the molecule is CC(=O)c1ccc(C(C)C)c(O)c1C. The molecule has 1 aromatic carbocycles. The number of rotatable bonds is 2. The summed E-state index contributed by atoms with van der Waals surface area (Å²) in [7, 11) is 0. The van der Waals surface area contributed by atoms with Crippen molar-refractivity contribution in [1.29, 1.82) is 0 Å². The average molecular weight is 192 g/mol. The van der Waals surface area contributed by atoms with E-state index >= 15 is 0 Å². The first-order valence-corrected chi connectivity index (χ1v) is 4.78. The van der Waals surface area contributed by atoms with E-state index in [2.05, 4.69) is 0 Å². The van der Waals surface area contributed by atoms with Crippen molar-refractivity contribution in [1.82, 2.24) is 0 Å². The minimum Gasteiger partial charge on any atom is -0.507 e. The summed E-state index contributed by atoms with van der Waals surface area (Å²) < 4.78 is 0. The smallest absolute Gasteiger partial charge is 0.160 e. The van der Waals surface area contributed by atoms with Gasteiger partial charge in [0.25, 0.3) is 0 Å². The molecule has 0 spiro atoms. The predicted octanol–water partition coefficient (Wildman–Crippen LogP) is 3.03. The van der Waals surface area contributed by atoms with Crippen LogP contribution in [0, 0.1) is 6.92 Å². The number of phenolic OH excluding ortho intramolecular Hbond substituents is 1. The van der Waals surface area contributed by atoms with Gasteiger partial charge in [-0.3, -0.25) is 4.79 Å². The van der Waals surface area contributed by atoms with Gasteiger partial charge in [0.2, 0.25) is 0 Å². The highest BCUT2D eigenvalue weighted by Gasteiger charge is 2.13. The molecular formula is C12H16O2. The molecule has 0 saturated carbocycles. The molecule has 0 unspecified atom stereocenters. The van der Waals surface area contributed by atoms with Crippen molar-refractivity contribution >= 4 is 5.78 Å². The Balaban J connectivity index is 3.33. The minimum atomic E-state index is -0.00638. The maximum atomic E-state index is 11.2. The van der Waals surface area contributed by atoms with Gasteiger partial charge < -0.3 is 5.11 Å². The van der Waals surface area contributed by atoms with Crippen LogP contribution in [0.15, 0.2) is 12.1 Å². The normalized spacial score (nSPS) is 10.6. The van der Waals surface area contributed by atoms with Crippen molar-refractivity contribution in [3.05, 3.63) is 28.8 Å². The number of benzene rings is 1. The molecule has 0 atom stereocenters. The fourth-order valence-electron chi connectivity index (χ4n) is 1.57. The fraction of sp³-hybridized carbons (Fsp3) is 0.417. The summed E-state index contributed by atoms with van der Waals surface area (Å²) in [6.07, 6.45) is 0. The number of phenols is 1. The van der Waals surface area contributed by atoms with E-state index < -0.39 is 0 Å². The van der Waals surface area contributed by atoms with Crippen LogP contribution < -0.4 is 0 Å². The second-order valence-electron chi connectivity index (χ2n) is 3.89. The lowest BCUT2D eigenvalue weighted by molar-refractivity contribution is 0.101. The summed E-state index contributed by atoms with van der Waals surface area (Å²) in [6, 6.07) is 3.61. The van der Waals surface area contributed by atoms with Gasteiger partial charge in [0.05, 0.1) is 0 Å². The molecule has 0 radical (unpaired) electrons. The van der Waals surface area contributed by atoms with E-state index in [1.807, 2.05) is 19.9 Å². The van der Waals surface area contributed by atoms with E-state index in [9.17, 15) is 9.90 Å². The number of hydrogen-bond donors (Lipinski definition) is 1. The minimum absolute atomic E-state index is 0.00638. The Bertz CT molecular complexity index is 365. The Hall–Kier alpha value is -1.31. The fourth-order valence-corrected chi connectivity index (χ4v) is 1.57. The quantitative estimate of drug-likeness (QED) is 0.731. The maximum absolute atomic E-state index is 11.2. The van der Waals surface area contributed by atoms with Crippen LogP contribution in [0.4, 0.5) is 0 Å². The molecule has 14 heavy (non-hydrogen) atoms. The topological polar surface area (TPSA) is 37.3 Å². The van der Waals surface area contributed by atoms with Crippen molar-refractivity contribution in [2.45, 2.75) is 33.6 Å². The molecule has 0 aliphatic carbocycles. The Kier molecular flexibility index (Phi) is 2.94. The lowest BCUT2D eigenvalue weighted by Crippen LogP contribution is -1.99. The van der Waals surface area contributed by atoms with Gasteiger partial charge in [-0.15, -0.1) is 0 Å². The summed E-state index contributed by atoms with van der Waals surface area (Å²) in [5, 5.41) is 9.85. The van der Waals surface area contributed by atoms with Crippen molar-refractivity contribution in [2.75, 3.05) is 0 Å². The van der Waals surface area contributed by atoms with E-state index in [4.69, 9.17) is 0 Å².